The Morgan fingerprint density at radius 1 is 0.923 bits per heavy atom. The lowest BCUT2D eigenvalue weighted by molar-refractivity contribution is 0.0515. The van der Waals surface area contributed by atoms with Crippen molar-refractivity contribution in [3.8, 4) is 10.6 Å². The molecule has 0 bridgehead atoms. The minimum Gasteiger partial charge on any atom is -0.459 e. The lowest BCUT2D eigenvalue weighted by atomic mass is 10.2. The molecule has 0 unspecified atom stereocenters. The number of nitrogens with zero attached hydrogens (tertiary/aromatic N) is 3. The summed E-state index contributed by atoms with van der Waals surface area (Å²) < 4.78 is 5.16. The largest absolute Gasteiger partial charge is 0.459 e. The van der Waals surface area contributed by atoms with Crippen molar-refractivity contribution >= 4 is 23.2 Å². The van der Waals surface area contributed by atoms with Gasteiger partial charge in [-0.1, -0.05) is 30.3 Å². The summed E-state index contributed by atoms with van der Waals surface area (Å²) in [5.41, 5.74) is 1.46. The number of hydrogen-bond acceptors (Lipinski definition) is 5. The molecule has 0 aliphatic carbocycles. The number of hydrogen-bond donors (Lipinski definition) is 0. The van der Waals surface area contributed by atoms with Crippen LogP contribution in [0.25, 0.3) is 10.6 Å². The predicted molar refractivity (Wildman–Crippen MR) is 98.1 cm³/mol. The Labute approximate surface area is 154 Å². The summed E-state index contributed by atoms with van der Waals surface area (Å²) in [5, 5.41) is 2.63. The Hall–Kier alpha value is -2.93. The van der Waals surface area contributed by atoms with Gasteiger partial charge in [0.05, 0.1) is 6.26 Å². The number of carbonyl (C=O) groups is 2. The number of aromatic nitrogens is 1. The zero-order chi connectivity index (χ0) is 17.9. The van der Waals surface area contributed by atoms with Crippen LogP contribution in [-0.2, 0) is 0 Å². The number of furan rings is 1. The maximum atomic E-state index is 12.7. The summed E-state index contributed by atoms with van der Waals surface area (Å²) in [6.07, 6.45) is 1.49. The summed E-state index contributed by atoms with van der Waals surface area (Å²) in [7, 11) is 0. The Morgan fingerprint density at radius 3 is 2.27 bits per heavy atom. The van der Waals surface area contributed by atoms with E-state index in [1.165, 1.54) is 17.6 Å². The van der Waals surface area contributed by atoms with Crippen molar-refractivity contribution in [2.75, 3.05) is 26.2 Å². The second kappa shape index (κ2) is 7.13. The molecule has 0 radical (unpaired) electrons. The first-order valence-electron chi connectivity index (χ1n) is 8.35. The lowest BCUT2D eigenvalue weighted by Crippen LogP contribution is -2.50. The van der Waals surface area contributed by atoms with Gasteiger partial charge in [-0.3, -0.25) is 9.59 Å². The van der Waals surface area contributed by atoms with Gasteiger partial charge in [-0.2, -0.15) is 0 Å². The van der Waals surface area contributed by atoms with Crippen molar-refractivity contribution in [1.82, 2.24) is 14.8 Å². The van der Waals surface area contributed by atoms with Crippen LogP contribution in [0.4, 0.5) is 0 Å². The van der Waals surface area contributed by atoms with E-state index < -0.39 is 0 Å². The molecule has 1 fully saturated rings. The fraction of sp³-hybridized carbons (Fsp3) is 0.211. The van der Waals surface area contributed by atoms with Gasteiger partial charge in [-0.05, 0) is 12.1 Å². The molecule has 3 aromatic rings. The molecule has 26 heavy (non-hydrogen) atoms. The van der Waals surface area contributed by atoms with E-state index in [9.17, 15) is 9.59 Å². The molecule has 132 valence electrons. The summed E-state index contributed by atoms with van der Waals surface area (Å²) in [5.74, 6) is 0.104. The topological polar surface area (TPSA) is 66.7 Å². The van der Waals surface area contributed by atoms with Crippen LogP contribution in [0.3, 0.4) is 0 Å². The van der Waals surface area contributed by atoms with Gasteiger partial charge in [-0.25, -0.2) is 4.98 Å². The molecule has 0 N–H and O–H groups in total. The molecular weight excluding hydrogens is 350 g/mol. The fourth-order valence-electron chi connectivity index (χ4n) is 2.92. The van der Waals surface area contributed by atoms with E-state index in [2.05, 4.69) is 4.98 Å². The predicted octanol–water partition coefficient (Wildman–Crippen LogP) is 3.00. The van der Waals surface area contributed by atoms with Gasteiger partial charge in [0, 0.05) is 37.1 Å². The normalized spacial score (nSPS) is 14.5. The van der Waals surface area contributed by atoms with Gasteiger partial charge in [0.1, 0.15) is 10.7 Å². The fourth-order valence-corrected chi connectivity index (χ4v) is 3.72. The van der Waals surface area contributed by atoms with Crippen LogP contribution in [0.2, 0.25) is 0 Å². The van der Waals surface area contributed by atoms with E-state index >= 15 is 0 Å². The summed E-state index contributed by atoms with van der Waals surface area (Å²) in [6.45, 7) is 1.95. The SMILES string of the molecule is O=C(c1csc(-c2ccccc2)n1)N1CCN(C(=O)c2ccco2)CC1. The van der Waals surface area contributed by atoms with Crippen LogP contribution in [0.15, 0.2) is 58.5 Å². The highest BCUT2D eigenvalue weighted by atomic mass is 32.1. The van der Waals surface area contributed by atoms with Crippen LogP contribution in [-0.4, -0.2) is 52.8 Å². The number of carbonyl (C=O) groups excluding carboxylic acids is 2. The van der Waals surface area contributed by atoms with Crippen molar-refractivity contribution in [3.05, 3.63) is 65.6 Å². The highest BCUT2D eigenvalue weighted by Gasteiger charge is 2.27. The number of amides is 2. The zero-order valence-electron chi connectivity index (χ0n) is 14.0. The van der Waals surface area contributed by atoms with Gasteiger partial charge in [-0.15, -0.1) is 11.3 Å². The molecule has 1 saturated heterocycles. The first kappa shape index (κ1) is 16.5. The molecule has 0 atom stereocenters. The van der Waals surface area contributed by atoms with Crippen LogP contribution in [0.5, 0.6) is 0 Å². The molecule has 1 aliphatic heterocycles. The Balaban J connectivity index is 1.40. The van der Waals surface area contributed by atoms with Crippen LogP contribution in [0, 0.1) is 0 Å². The summed E-state index contributed by atoms with van der Waals surface area (Å²) in [6, 6.07) is 13.2. The molecule has 4 rings (SSSR count). The van der Waals surface area contributed by atoms with Gasteiger partial charge >= 0.3 is 0 Å². The van der Waals surface area contributed by atoms with Crippen molar-refractivity contribution < 1.29 is 14.0 Å². The van der Waals surface area contributed by atoms with E-state index in [4.69, 9.17) is 4.42 Å². The number of rotatable bonds is 3. The summed E-state index contributed by atoms with van der Waals surface area (Å²) in [4.78, 5) is 32.9. The smallest absolute Gasteiger partial charge is 0.289 e. The molecule has 3 heterocycles. The molecule has 0 saturated carbocycles. The molecule has 7 heteroatoms. The summed E-state index contributed by atoms with van der Waals surface area (Å²) >= 11 is 1.46. The molecular formula is C19H17N3O3S. The third-order valence-corrected chi connectivity index (χ3v) is 5.22. The van der Waals surface area contributed by atoms with Crippen molar-refractivity contribution in [2.45, 2.75) is 0 Å². The standard InChI is InChI=1S/C19H17N3O3S/c23-18(15-13-26-17(20-15)14-5-2-1-3-6-14)21-8-10-22(11-9-21)19(24)16-7-4-12-25-16/h1-7,12-13H,8-11H2. The van der Waals surface area contributed by atoms with Crippen LogP contribution < -0.4 is 0 Å². The lowest BCUT2D eigenvalue weighted by Gasteiger charge is -2.34. The van der Waals surface area contributed by atoms with Crippen molar-refractivity contribution in [2.24, 2.45) is 0 Å². The van der Waals surface area contributed by atoms with E-state index in [1.54, 1.807) is 27.3 Å². The van der Waals surface area contributed by atoms with Crippen molar-refractivity contribution in [3.63, 3.8) is 0 Å². The Morgan fingerprint density at radius 2 is 1.62 bits per heavy atom. The van der Waals surface area contributed by atoms with Gasteiger partial charge < -0.3 is 14.2 Å². The average Bonchev–Trinajstić information content (AvgIpc) is 3.40. The quantitative estimate of drug-likeness (QED) is 0.714. The van der Waals surface area contributed by atoms with Crippen LogP contribution in [0.1, 0.15) is 21.0 Å². The minimum atomic E-state index is -0.137. The molecule has 2 amide bonds. The first-order valence-corrected chi connectivity index (χ1v) is 9.23. The second-order valence-electron chi connectivity index (χ2n) is 5.97. The third kappa shape index (κ3) is 3.25. The highest BCUT2D eigenvalue weighted by Crippen LogP contribution is 2.24. The molecule has 2 aromatic heterocycles. The third-order valence-electron chi connectivity index (χ3n) is 4.33. The second-order valence-corrected chi connectivity index (χ2v) is 6.82. The average molecular weight is 367 g/mol. The number of benzene rings is 1. The van der Waals surface area contributed by atoms with E-state index in [0.29, 0.717) is 37.6 Å². The molecule has 6 nitrogen and oxygen atoms in total. The monoisotopic (exact) mass is 367 g/mol. The Bertz CT molecular complexity index is 897. The maximum Gasteiger partial charge on any atom is 0.289 e. The minimum absolute atomic E-state index is 0.0893. The Kier molecular flexibility index (Phi) is 4.53. The zero-order valence-corrected chi connectivity index (χ0v) is 14.8. The molecule has 1 aliphatic rings. The van der Waals surface area contributed by atoms with Crippen LogP contribution >= 0.6 is 11.3 Å². The van der Waals surface area contributed by atoms with Gasteiger partial charge in [0.2, 0.25) is 0 Å². The van der Waals surface area contributed by atoms with E-state index in [1.807, 2.05) is 30.3 Å². The van der Waals surface area contributed by atoms with Gasteiger partial charge in [0.25, 0.3) is 11.8 Å². The highest BCUT2D eigenvalue weighted by molar-refractivity contribution is 7.13. The molecule has 0 spiro atoms. The number of piperazine rings is 1. The molecule has 1 aromatic carbocycles. The van der Waals surface area contributed by atoms with E-state index in [-0.39, 0.29) is 11.8 Å². The van der Waals surface area contributed by atoms with Crippen molar-refractivity contribution in [1.29, 1.82) is 0 Å². The number of thiazole rings is 1. The maximum absolute atomic E-state index is 12.7. The van der Waals surface area contributed by atoms with Gasteiger partial charge in [0.15, 0.2) is 5.76 Å². The first-order chi connectivity index (χ1) is 12.7. The van der Waals surface area contributed by atoms with E-state index in [0.717, 1.165) is 10.6 Å².